The van der Waals surface area contributed by atoms with E-state index >= 15 is 0 Å². The summed E-state index contributed by atoms with van der Waals surface area (Å²) in [4.78, 5) is 0. The number of hydrogen-bond acceptors (Lipinski definition) is 1. The topological polar surface area (TPSA) is 29.4 Å². The Labute approximate surface area is 168 Å². The monoisotopic (exact) mass is 407 g/mol. The molecule has 0 radical (unpaired) electrons. The SMILES string of the molecule is CC(C)[Si](C#CC(=N[S@](=O)C(C)(C)C)c1ccccc1F)(C(C)C)C(C)C. The molecule has 0 unspecified atom stereocenters. The van der Waals surface area contributed by atoms with Crippen molar-refractivity contribution in [1.29, 1.82) is 0 Å². The van der Waals surface area contributed by atoms with Gasteiger partial charge in [-0.3, -0.25) is 0 Å². The fourth-order valence-corrected chi connectivity index (χ4v) is 9.40. The lowest BCUT2D eigenvalue weighted by Gasteiger charge is -2.38. The van der Waals surface area contributed by atoms with Crippen LogP contribution < -0.4 is 0 Å². The summed E-state index contributed by atoms with van der Waals surface area (Å²) in [5.74, 6) is 2.81. The molecule has 2 nitrogen and oxygen atoms in total. The number of benzene rings is 1. The average Bonchev–Trinajstić information content (AvgIpc) is 2.52. The van der Waals surface area contributed by atoms with Crippen LogP contribution in [0.15, 0.2) is 28.7 Å². The Hall–Kier alpha value is -1.25. The Balaban J connectivity index is 3.65. The second kappa shape index (κ2) is 9.30. The van der Waals surface area contributed by atoms with Gasteiger partial charge in [0.1, 0.15) is 30.6 Å². The molecule has 0 saturated heterocycles. The van der Waals surface area contributed by atoms with Gasteiger partial charge < -0.3 is 0 Å². The normalized spacial score (nSPS) is 14.5. The molecule has 150 valence electrons. The van der Waals surface area contributed by atoms with Gasteiger partial charge in [-0.25, -0.2) is 8.60 Å². The van der Waals surface area contributed by atoms with Gasteiger partial charge in [-0.2, -0.15) is 4.40 Å². The summed E-state index contributed by atoms with van der Waals surface area (Å²) in [6.45, 7) is 18.9. The molecular weight excluding hydrogens is 373 g/mol. The minimum Gasteiger partial charge on any atom is -0.234 e. The molecule has 27 heavy (non-hydrogen) atoms. The Morgan fingerprint density at radius 1 is 1.04 bits per heavy atom. The van der Waals surface area contributed by atoms with Crippen molar-refractivity contribution in [1.82, 2.24) is 0 Å². The molecule has 0 heterocycles. The number of halogens is 1. The van der Waals surface area contributed by atoms with Gasteiger partial charge in [-0.15, -0.1) is 5.54 Å². The molecule has 1 aromatic rings. The highest BCUT2D eigenvalue weighted by Crippen LogP contribution is 2.40. The smallest absolute Gasteiger partial charge is 0.146 e. The molecule has 1 atom stereocenters. The van der Waals surface area contributed by atoms with E-state index in [-0.39, 0.29) is 5.82 Å². The molecule has 1 aromatic carbocycles. The molecule has 0 aliphatic carbocycles. The molecule has 0 aliphatic heterocycles. The van der Waals surface area contributed by atoms with Gasteiger partial charge in [0, 0.05) is 5.56 Å². The van der Waals surface area contributed by atoms with E-state index in [2.05, 4.69) is 57.4 Å². The maximum Gasteiger partial charge on any atom is 0.146 e. The summed E-state index contributed by atoms with van der Waals surface area (Å²) in [5.41, 5.74) is 5.56. The molecule has 0 amide bonds. The highest BCUT2D eigenvalue weighted by atomic mass is 32.2. The summed E-state index contributed by atoms with van der Waals surface area (Å²) in [5, 5.41) is 0. The van der Waals surface area contributed by atoms with E-state index < -0.39 is 23.8 Å². The number of nitrogens with zero attached hydrogens (tertiary/aromatic N) is 1. The van der Waals surface area contributed by atoms with Gasteiger partial charge >= 0.3 is 0 Å². The maximum atomic E-state index is 14.4. The lowest BCUT2D eigenvalue weighted by molar-refractivity contribution is 0.625. The minimum atomic E-state index is -2.00. The van der Waals surface area contributed by atoms with Crippen LogP contribution in [0.1, 0.15) is 67.9 Å². The lowest BCUT2D eigenvalue weighted by atomic mass is 10.1. The molecule has 0 fully saturated rings. The standard InChI is InChI=1S/C22H34FNOSSi/c1-16(2)27(17(3)4,18(5)6)15-14-21(24-26(25)22(7,8)9)19-12-10-11-13-20(19)23/h10-13,16-18H,1-9H3/t26-/m1/s1. The van der Waals surface area contributed by atoms with Crippen LogP contribution in [0.5, 0.6) is 0 Å². The fraction of sp³-hybridized carbons (Fsp3) is 0.591. The molecule has 0 spiro atoms. The number of rotatable bonds is 5. The Morgan fingerprint density at radius 2 is 1.52 bits per heavy atom. The third-order valence-corrected chi connectivity index (χ3v) is 12.8. The minimum absolute atomic E-state index is 0.292. The quantitative estimate of drug-likeness (QED) is 0.320. The van der Waals surface area contributed by atoms with Crippen LogP contribution in [0.2, 0.25) is 16.6 Å². The van der Waals surface area contributed by atoms with Crippen LogP contribution in [-0.4, -0.2) is 22.7 Å². The van der Waals surface area contributed by atoms with Crippen LogP contribution in [0.4, 0.5) is 4.39 Å². The Kier molecular flexibility index (Phi) is 8.19. The maximum absolute atomic E-state index is 14.4. The van der Waals surface area contributed by atoms with Crippen molar-refractivity contribution in [3.05, 3.63) is 35.6 Å². The molecule has 0 aromatic heterocycles. The third kappa shape index (κ3) is 5.62. The predicted octanol–water partition coefficient (Wildman–Crippen LogP) is 6.30. The second-order valence-electron chi connectivity index (χ2n) is 8.93. The Morgan fingerprint density at radius 3 is 1.93 bits per heavy atom. The zero-order valence-electron chi connectivity index (χ0n) is 18.2. The Bertz CT molecular complexity index is 745. The molecule has 0 aliphatic rings. The summed E-state index contributed by atoms with van der Waals surface area (Å²) in [6, 6.07) is 6.45. The van der Waals surface area contributed by atoms with Crippen molar-refractivity contribution < 1.29 is 8.60 Å². The predicted molar refractivity (Wildman–Crippen MR) is 120 cm³/mol. The molecule has 0 N–H and O–H groups in total. The van der Waals surface area contributed by atoms with Gasteiger partial charge in [0.05, 0.1) is 4.75 Å². The van der Waals surface area contributed by atoms with E-state index in [9.17, 15) is 8.60 Å². The molecule has 1 rings (SSSR count). The summed E-state index contributed by atoms with van der Waals surface area (Å²) >= 11 is 0. The van der Waals surface area contributed by atoms with Crippen LogP contribution in [0, 0.1) is 17.3 Å². The van der Waals surface area contributed by atoms with Crippen LogP contribution in [-0.2, 0) is 11.0 Å². The van der Waals surface area contributed by atoms with Gasteiger partial charge in [-0.1, -0.05) is 59.6 Å². The first-order chi connectivity index (χ1) is 12.3. The van der Waals surface area contributed by atoms with E-state index in [0.29, 0.717) is 27.9 Å². The van der Waals surface area contributed by atoms with Crippen LogP contribution in [0.3, 0.4) is 0 Å². The van der Waals surface area contributed by atoms with Crippen molar-refractivity contribution >= 4 is 24.8 Å². The van der Waals surface area contributed by atoms with Crippen molar-refractivity contribution in [2.45, 2.75) is 83.7 Å². The van der Waals surface area contributed by atoms with Gasteiger partial charge in [0.15, 0.2) is 0 Å². The van der Waals surface area contributed by atoms with E-state index in [4.69, 9.17) is 0 Å². The molecule has 0 bridgehead atoms. The van der Waals surface area contributed by atoms with Crippen LogP contribution >= 0.6 is 0 Å². The molecular formula is C22H34FNOSSi. The van der Waals surface area contributed by atoms with E-state index in [1.54, 1.807) is 18.2 Å². The largest absolute Gasteiger partial charge is 0.234 e. The molecule has 0 saturated carbocycles. The zero-order valence-corrected chi connectivity index (χ0v) is 20.0. The summed E-state index contributed by atoms with van der Waals surface area (Å²) in [6.07, 6.45) is 0. The first-order valence-electron chi connectivity index (χ1n) is 9.62. The van der Waals surface area contributed by atoms with Crippen molar-refractivity contribution in [2.75, 3.05) is 0 Å². The highest BCUT2D eigenvalue weighted by molar-refractivity contribution is 7.85. The van der Waals surface area contributed by atoms with E-state index in [1.807, 2.05) is 20.8 Å². The average molecular weight is 408 g/mol. The van der Waals surface area contributed by atoms with E-state index in [1.165, 1.54) is 6.07 Å². The zero-order chi connectivity index (χ0) is 21.0. The first-order valence-corrected chi connectivity index (χ1v) is 13.0. The van der Waals surface area contributed by atoms with Crippen LogP contribution in [0.25, 0.3) is 0 Å². The molecule has 5 heteroatoms. The van der Waals surface area contributed by atoms with Crippen molar-refractivity contribution in [3.63, 3.8) is 0 Å². The van der Waals surface area contributed by atoms with Gasteiger partial charge in [0.25, 0.3) is 0 Å². The second-order valence-corrected chi connectivity index (χ2v) is 16.4. The van der Waals surface area contributed by atoms with Gasteiger partial charge in [-0.05, 0) is 49.5 Å². The number of hydrogen-bond donors (Lipinski definition) is 0. The highest BCUT2D eigenvalue weighted by Gasteiger charge is 2.41. The third-order valence-electron chi connectivity index (χ3n) is 5.09. The summed E-state index contributed by atoms with van der Waals surface area (Å²) < 4.78 is 30.9. The fourth-order valence-electron chi connectivity index (χ4n) is 3.61. The van der Waals surface area contributed by atoms with Crippen molar-refractivity contribution in [2.24, 2.45) is 4.40 Å². The lowest BCUT2D eigenvalue weighted by Crippen LogP contribution is -2.43. The summed E-state index contributed by atoms with van der Waals surface area (Å²) in [7, 11) is -3.50. The van der Waals surface area contributed by atoms with Crippen molar-refractivity contribution in [3.8, 4) is 11.5 Å². The first kappa shape index (κ1) is 23.8. The van der Waals surface area contributed by atoms with E-state index in [0.717, 1.165) is 0 Å². The van der Waals surface area contributed by atoms with Gasteiger partial charge in [0.2, 0.25) is 0 Å².